The maximum atomic E-state index is 11.5. The molecule has 3 N–H and O–H groups in total. The van der Waals surface area contributed by atoms with Crippen LogP contribution in [0.2, 0.25) is 5.02 Å². The molecule has 1 unspecified atom stereocenters. The number of rotatable bonds is 4. The van der Waals surface area contributed by atoms with Gasteiger partial charge in [-0.3, -0.25) is 4.79 Å². The zero-order chi connectivity index (χ0) is 10.6. The molecule has 0 aliphatic rings. The van der Waals surface area contributed by atoms with Gasteiger partial charge in [-0.1, -0.05) is 11.6 Å². The molecule has 0 fully saturated rings. The minimum atomic E-state index is -0.488. The van der Waals surface area contributed by atoms with E-state index in [0.717, 1.165) is 0 Å². The number of nitrogens with two attached hydrogens (primary N) is 1. The van der Waals surface area contributed by atoms with E-state index in [-0.39, 0.29) is 31.2 Å². The Labute approximate surface area is 99.6 Å². The molecular weight excluding hydrogens is 237 g/mol. The molecule has 0 radical (unpaired) electrons. The van der Waals surface area contributed by atoms with Crippen LogP contribution in [0.4, 0.5) is 0 Å². The van der Waals surface area contributed by atoms with Gasteiger partial charge in [0.05, 0.1) is 6.61 Å². The largest absolute Gasteiger partial charge is 0.395 e. The standard InChI is InChI=1S/C10H12ClNO2.ClH/c11-8-3-1-7(2-4-8)10(14)5-9(12)6-13;/h1-4,9,13H,5-6,12H2;1H. The van der Waals surface area contributed by atoms with Gasteiger partial charge in [-0.15, -0.1) is 12.4 Å². The van der Waals surface area contributed by atoms with Crippen molar-refractivity contribution in [1.29, 1.82) is 0 Å². The molecule has 15 heavy (non-hydrogen) atoms. The van der Waals surface area contributed by atoms with Crippen molar-refractivity contribution in [2.75, 3.05) is 6.61 Å². The van der Waals surface area contributed by atoms with Gasteiger partial charge >= 0.3 is 0 Å². The average molecular weight is 250 g/mol. The Balaban J connectivity index is 0.00000196. The second-order valence-corrected chi connectivity index (χ2v) is 3.51. The number of carbonyl (C=O) groups is 1. The van der Waals surface area contributed by atoms with Crippen LogP contribution < -0.4 is 5.73 Å². The maximum Gasteiger partial charge on any atom is 0.164 e. The summed E-state index contributed by atoms with van der Waals surface area (Å²) < 4.78 is 0. The molecule has 0 saturated carbocycles. The number of Topliss-reactive ketones (excluding diaryl/α,β-unsaturated/α-hetero) is 1. The van der Waals surface area contributed by atoms with Crippen LogP contribution in [0.5, 0.6) is 0 Å². The predicted octanol–water partition coefficient (Wildman–Crippen LogP) is 1.65. The summed E-state index contributed by atoms with van der Waals surface area (Å²) >= 11 is 5.67. The van der Waals surface area contributed by atoms with E-state index >= 15 is 0 Å². The molecule has 1 aromatic rings. The van der Waals surface area contributed by atoms with Crippen molar-refractivity contribution in [1.82, 2.24) is 0 Å². The normalized spacial score (nSPS) is 11.7. The number of hydrogen-bond donors (Lipinski definition) is 2. The Morgan fingerprint density at radius 3 is 2.40 bits per heavy atom. The van der Waals surface area contributed by atoms with Crippen molar-refractivity contribution < 1.29 is 9.90 Å². The van der Waals surface area contributed by atoms with E-state index in [1.165, 1.54) is 0 Å². The molecule has 1 atom stereocenters. The summed E-state index contributed by atoms with van der Waals surface area (Å²) in [5.41, 5.74) is 6.01. The average Bonchev–Trinajstić information content (AvgIpc) is 2.18. The fourth-order valence-electron chi connectivity index (χ4n) is 1.06. The van der Waals surface area contributed by atoms with Crippen molar-refractivity contribution in [3.05, 3.63) is 34.9 Å². The van der Waals surface area contributed by atoms with Crippen molar-refractivity contribution in [2.45, 2.75) is 12.5 Å². The highest BCUT2D eigenvalue weighted by molar-refractivity contribution is 6.30. The summed E-state index contributed by atoms with van der Waals surface area (Å²) in [7, 11) is 0. The predicted molar refractivity (Wildman–Crippen MR) is 62.7 cm³/mol. The van der Waals surface area contributed by atoms with Gasteiger partial charge in [0.1, 0.15) is 0 Å². The van der Waals surface area contributed by atoms with Crippen molar-refractivity contribution >= 4 is 29.8 Å². The number of halogens is 2. The van der Waals surface area contributed by atoms with Gasteiger partial charge in [0.15, 0.2) is 5.78 Å². The minimum Gasteiger partial charge on any atom is -0.395 e. The molecule has 1 aromatic carbocycles. The first kappa shape index (κ1) is 14.4. The zero-order valence-corrected chi connectivity index (χ0v) is 9.59. The molecule has 0 heterocycles. The van der Waals surface area contributed by atoms with Crippen LogP contribution in [-0.2, 0) is 0 Å². The molecule has 1 rings (SSSR count). The van der Waals surface area contributed by atoms with Gasteiger partial charge in [0, 0.05) is 23.0 Å². The third-order valence-corrected chi connectivity index (χ3v) is 2.10. The van der Waals surface area contributed by atoms with Crippen molar-refractivity contribution in [3.63, 3.8) is 0 Å². The van der Waals surface area contributed by atoms with Gasteiger partial charge in [-0.25, -0.2) is 0 Å². The van der Waals surface area contributed by atoms with Gasteiger partial charge in [0.2, 0.25) is 0 Å². The monoisotopic (exact) mass is 249 g/mol. The third-order valence-electron chi connectivity index (χ3n) is 1.85. The summed E-state index contributed by atoms with van der Waals surface area (Å²) in [6.07, 6.45) is 0.151. The summed E-state index contributed by atoms with van der Waals surface area (Å²) in [6, 6.07) is 6.11. The molecule has 84 valence electrons. The zero-order valence-electron chi connectivity index (χ0n) is 8.02. The summed E-state index contributed by atoms with van der Waals surface area (Å²) in [5, 5.41) is 9.27. The van der Waals surface area contributed by atoms with Crippen molar-refractivity contribution in [3.8, 4) is 0 Å². The quantitative estimate of drug-likeness (QED) is 0.798. The number of hydrogen-bond acceptors (Lipinski definition) is 3. The Kier molecular flexibility index (Phi) is 6.52. The number of aliphatic hydroxyl groups excluding tert-OH is 1. The smallest absolute Gasteiger partial charge is 0.164 e. The van der Waals surface area contributed by atoms with E-state index < -0.39 is 6.04 Å². The van der Waals surface area contributed by atoms with Crippen LogP contribution in [-0.4, -0.2) is 23.5 Å². The molecule has 0 amide bonds. The lowest BCUT2D eigenvalue weighted by Gasteiger charge is -2.06. The molecule has 0 bridgehead atoms. The van der Waals surface area contributed by atoms with Crippen LogP contribution in [0.25, 0.3) is 0 Å². The van der Waals surface area contributed by atoms with Crippen LogP contribution >= 0.6 is 24.0 Å². The van der Waals surface area contributed by atoms with E-state index in [2.05, 4.69) is 0 Å². The highest BCUT2D eigenvalue weighted by Crippen LogP contribution is 2.11. The number of ketones is 1. The van der Waals surface area contributed by atoms with Crippen LogP contribution in [0.15, 0.2) is 24.3 Å². The highest BCUT2D eigenvalue weighted by Gasteiger charge is 2.10. The van der Waals surface area contributed by atoms with Crippen molar-refractivity contribution in [2.24, 2.45) is 5.73 Å². The van der Waals surface area contributed by atoms with E-state index in [1.807, 2.05) is 0 Å². The third kappa shape index (κ3) is 4.62. The second-order valence-electron chi connectivity index (χ2n) is 3.08. The molecule has 0 aromatic heterocycles. The molecule has 0 spiro atoms. The van der Waals surface area contributed by atoms with Gasteiger partial charge < -0.3 is 10.8 Å². The van der Waals surface area contributed by atoms with Gasteiger partial charge in [-0.05, 0) is 24.3 Å². The van der Waals surface area contributed by atoms with E-state index in [9.17, 15) is 4.79 Å². The summed E-state index contributed by atoms with van der Waals surface area (Å²) in [5.74, 6) is -0.0804. The summed E-state index contributed by atoms with van der Waals surface area (Å²) in [6.45, 7) is -0.181. The first-order chi connectivity index (χ1) is 6.63. The fraction of sp³-hybridized carbons (Fsp3) is 0.300. The Morgan fingerprint density at radius 2 is 1.93 bits per heavy atom. The van der Waals surface area contributed by atoms with Crippen LogP contribution in [0, 0.1) is 0 Å². The van der Waals surface area contributed by atoms with E-state index in [1.54, 1.807) is 24.3 Å². The lowest BCUT2D eigenvalue weighted by Crippen LogP contribution is -2.27. The molecule has 3 nitrogen and oxygen atoms in total. The van der Waals surface area contributed by atoms with E-state index in [0.29, 0.717) is 10.6 Å². The van der Waals surface area contributed by atoms with Crippen LogP contribution in [0.1, 0.15) is 16.8 Å². The summed E-state index contributed by atoms with van der Waals surface area (Å²) in [4.78, 5) is 11.5. The lowest BCUT2D eigenvalue weighted by molar-refractivity contribution is 0.0961. The lowest BCUT2D eigenvalue weighted by atomic mass is 10.0. The first-order valence-electron chi connectivity index (χ1n) is 4.28. The Bertz CT molecular complexity index is 314. The Hall–Kier alpha value is -0.610. The molecular formula is C10H13Cl2NO2. The van der Waals surface area contributed by atoms with Gasteiger partial charge in [0.25, 0.3) is 0 Å². The number of carbonyl (C=O) groups excluding carboxylic acids is 1. The number of benzene rings is 1. The minimum absolute atomic E-state index is 0. The topological polar surface area (TPSA) is 63.3 Å². The molecule has 0 saturated heterocycles. The SMILES string of the molecule is Cl.NC(CO)CC(=O)c1ccc(Cl)cc1. The van der Waals surface area contributed by atoms with Gasteiger partial charge in [-0.2, -0.15) is 0 Å². The molecule has 0 aliphatic heterocycles. The highest BCUT2D eigenvalue weighted by atomic mass is 35.5. The Morgan fingerprint density at radius 1 is 1.40 bits per heavy atom. The molecule has 0 aliphatic carbocycles. The number of aliphatic hydroxyl groups is 1. The van der Waals surface area contributed by atoms with Crippen LogP contribution in [0.3, 0.4) is 0 Å². The first-order valence-corrected chi connectivity index (χ1v) is 4.66. The molecule has 5 heteroatoms. The maximum absolute atomic E-state index is 11.5. The second kappa shape index (κ2) is 6.80. The van der Waals surface area contributed by atoms with E-state index in [4.69, 9.17) is 22.4 Å². The fourth-order valence-corrected chi connectivity index (χ4v) is 1.18.